The molecule has 1 aromatic rings. The number of aromatic nitrogens is 2. The van der Waals surface area contributed by atoms with Gasteiger partial charge in [0.2, 0.25) is 0 Å². The lowest BCUT2D eigenvalue weighted by molar-refractivity contribution is 0.111. The minimum atomic E-state index is 0.257. The van der Waals surface area contributed by atoms with Gasteiger partial charge in [0.25, 0.3) is 0 Å². The van der Waals surface area contributed by atoms with Crippen molar-refractivity contribution in [3.63, 3.8) is 0 Å². The summed E-state index contributed by atoms with van der Waals surface area (Å²) in [7, 11) is 1.71. The van der Waals surface area contributed by atoms with Crippen molar-refractivity contribution in [2.45, 2.75) is 0 Å². The van der Waals surface area contributed by atoms with Crippen molar-refractivity contribution in [2.75, 3.05) is 0 Å². The maximum absolute atomic E-state index is 10.2. The fraction of sp³-hybridized carbons (Fsp3) is 0.200. The molecule has 0 saturated carbocycles. The average molecular weight is 145 g/mol. The number of nitrogens with zero attached hydrogens (tertiary/aromatic N) is 2. The van der Waals surface area contributed by atoms with E-state index in [4.69, 9.17) is 11.6 Å². The summed E-state index contributed by atoms with van der Waals surface area (Å²) in [4.78, 5) is 13.8. The largest absolute Gasteiger partial charge is 0.330 e. The second kappa shape index (κ2) is 2.19. The van der Waals surface area contributed by atoms with Gasteiger partial charge in [-0.1, -0.05) is 11.6 Å². The van der Waals surface area contributed by atoms with E-state index < -0.39 is 0 Å². The maximum Gasteiger partial charge on any atom is 0.169 e. The average Bonchev–Trinajstić information content (AvgIpc) is 2.12. The molecule has 0 unspecified atom stereocenters. The molecular formula is C5H5ClN2O. The molecule has 0 amide bonds. The first-order valence-electron chi connectivity index (χ1n) is 2.37. The number of carbonyl (C=O) groups excluding carboxylic acids is 1. The van der Waals surface area contributed by atoms with E-state index in [0.717, 1.165) is 0 Å². The molecule has 0 aliphatic rings. The molecule has 9 heavy (non-hydrogen) atoms. The quantitative estimate of drug-likeness (QED) is 0.549. The molecule has 4 heteroatoms. The van der Waals surface area contributed by atoms with Gasteiger partial charge in [-0.3, -0.25) is 4.79 Å². The Bertz CT molecular complexity index is 211. The highest BCUT2D eigenvalue weighted by Gasteiger charge is 2.02. The Morgan fingerprint density at radius 2 is 2.56 bits per heavy atom. The van der Waals surface area contributed by atoms with Gasteiger partial charge in [-0.15, -0.1) is 0 Å². The standard InChI is InChI=1S/C5H5ClN2O/c1-8-3-7-5(6)4(8)2-9/h2-3H,1H3. The third kappa shape index (κ3) is 0.954. The van der Waals surface area contributed by atoms with Crippen molar-refractivity contribution in [1.82, 2.24) is 9.55 Å². The molecule has 48 valence electrons. The molecule has 0 bridgehead atoms. The number of aldehydes is 1. The van der Waals surface area contributed by atoms with Gasteiger partial charge in [0.15, 0.2) is 11.4 Å². The van der Waals surface area contributed by atoms with E-state index in [1.165, 1.54) is 6.33 Å². The van der Waals surface area contributed by atoms with E-state index in [9.17, 15) is 4.79 Å². The summed E-state index contributed by atoms with van der Waals surface area (Å²) in [5.74, 6) is 0. The summed E-state index contributed by atoms with van der Waals surface area (Å²) < 4.78 is 1.56. The maximum atomic E-state index is 10.2. The van der Waals surface area contributed by atoms with E-state index in [-0.39, 0.29) is 5.15 Å². The van der Waals surface area contributed by atoms with Crippen LogP contribution < -0.4 is 0 Å². The number of halogens is 1. The molecule has 0 fully saturated rings. The van der Waals surface area contributed by atoms with E-state index in [1.54, 1.807) is 11.6 Å². The van der Waals surface area contributed by atoms with Crippen molar-refractivity contribution in [3.8, 4) is 0 Å². The fourth-order valence-corrected chi connectivity index (χ4v) is 0.764. The van der Waals surface area contributed by atoms with Gasteiger partial charge in [0.1, 0.15) is 5.69 Å². The van der Waals surface area contributed by atoms with E-state index in [1.807, 2.05) is 0 Å². The predicted octanol–water partition coefficient (Wildman–Crippen LogP) is 0.886. The van der Waals surface area contributed by atoms with Crippen LogP contribution in [0.5, 0.6) is 0 Å². The van der Waals surface area contributed by atoms with Gasteiger partial charge in [0.05, 0.1) is 6.33 Å². The van der Waals surface area contributed by atoms with Crippen LogP contribution in [0.4, 0.5) is 0 Å². The number of hydrogen-bond donors (Lipinski definition) is 0. The fourth-order valence-electron chi connectivity index (χ4n) is 0.543. The molecule has 0 radical (unpaired) electrons. The van der Waals surface area contributed by atoms with Gasteiger partial charge in [-0.2, -0.15) is 0 Å². The van der Waals surface area contributed by atoms with E-state index in [0.29, 0.717) is 12.0 Å². The zero-order chi connectivity index (χ0) is 6.85. The molecule has 1 rings (SSSR count). The Hall–Kier alpha value is -0.830. The van der Waals surface area contributed by atoms with E-state index in [2.05, 4.69) is 4.98 Å². The third-order valence-corrected chi connectivity index (χ3v) is 1.34. The number of hydrogen-bond acceptors (Lipinski definition) is 2. The van der Waals surface area contributed by atoms with Crippen molar-refractivity contribution in [3.05, 3.63) is 17.2 Å². The van der Waals surface area contributed by atoms with Gasteiger partial charge >= 0.3 is 0 Å². The Kier molecular flexibility index (Phi) is 1.53. The molecular weight excluding hydrogens is 140 g/mol. The zero-order valence-electron chi connectivity index (χ0n) is 4.84. The molecule has 0 atom stereocenters. The van der Waals surface area contributed by atoms with Crippen LogP contribution in [0.2, 0.25) is 5.15 Å². The minimum Gasteiger partial charge on any atom is -0.330 e. The summed E-state index contributed by atoms with van der Waals surface area (Å²) in [6.45, 7) is 0. The predicted molar refractivity (Wildman–Crippen MR) is 33.6 cm³/mol. The summed E-state index contributed by atoms with van der Waals surface area (Å²) >= 11 is 5.48. The second-order valence-corrected chi connectivity index (χ2v) is 2.01. The Morgan fingerprint density at radius 1 is 1.89 bits per heavy atom. The van der Waals surface area contributed by atoms with Crippen LogP contribution >= 0.6 is 11.6 Å². The lowest BCUT2D eigenvalue weighted by Gasteiger charge is -1.88. The first-order valence-corrected chi connectivity index (χ1v) is 2.75. The monoisotopic (exact) mass is 144 g/mol. The highest BCUT2D eigenvalue weighted by Crippen LogP contribution is 2.08. The van der Waals surface area contributed by atoms with Gasteiger partial charge < -0.3 is 4.57 Å². The topological polar surface area (TPSA) is 34.9 Å². The summed E-state index contributed by atoms with van der Waals surface area (Å²) in [6, 6.07) is 0. The molecule has 0 saturated heterocycles. The van der Waals surface area contributed by atoms with Gasteiger partial charge in [-0.05, 0) is 0 Å². The molecule has 0 N–H and O–H groups in total. The number of rotatable bonds is 1. The molecule has 0 aromatic carbocycles. The lowest BCUT2D eigenvalue weighted by atomic mass is 10.5. The van der Waals surface area contributed by atoms with Crippen LogP contribution in [0.3, 0.4) is 0 Å². The van der Waals surface area contributed by atoms with E-state index >= 15 is 0 Å². The van der Waals surface area contributed by atoms with Crippen molar-refractivity contribution >= 4 is 17.9 Å². The summed E-state index contributed by atoms with van der Waals surface area (Å²) in [6.07, 6.45) is 2.17. The molecule has 0 aliphatic heterocycles. The van der Waals surface area contributed by atoms with Crippen molar-refractivity contribution in [2.24, 2.45) is 7.05 Å². The van der Waals surface area contributed by atoms with Crippen LogP contribution in [0.1, 0.15) is 10.5 Å². The highest BCUT2D eigenvalue weighted by molar-refractivity contribution is 6.31. The first-order chi connectivity index (χ1) is 4.25. The zero-order valence-corrected chi connectivity index (χ0v) is 5.59. The third-order valence-electron chi connectivity index (χ3n) is 1.05. The van der Waals surface area contributed by atoms with Gasteiger partial charge in [-0.25, -0.2) is 4.98 Å². The van der Waals surface area contributed by atoms with Crippen LogP contribution in [0, 0.1) is 0 Å². The Balaban J connectivity index is 3.22. The lowest BCUT2D eigenvalue weighted by Crippen LogP contribution is -1.91. The second-order valence-electron chi connectivity index (χ2n) is 1.65. The molecule has 1 heterocycles. The molecule has 1 aromatic heterocycles. The first kappa shape index (κ1) is 6.29. The molecule has 3 nitrogen and oxygen atoms in total. The van der Waals surface area contributed by atoms with Crippen LogP contribution in [0.25, 0.3) is 0 Å². The highest BCUT2D eigenvalue weighted by atomic mass is 35.5. The van der Waals surface area contributed by atoms with Gasteiger partial charge in [0, 0.05) is 7.05 Å². The summed E-state index contributed by atoms with van der Waals surface area (Å²) in [5, 5.41) is 0.257. The number of aryl methyl sites for hydroxylation is 1. The Morgan fingerprint density at radius 3 is 2.78 bits per heavy atom. The van der Waals surface area contributed by atoms with Crippen molar-refractivity contribution < 1.29 is 4.79 Å². The van der Waals surface area contributed by atoms with Crippen LogP contribution in [0.15, 0.2) is 6.33 Å². The Labute approximate surface area is 57.3 Å². The molecule has 0 aliphatic carbocycles. The molecule has 0 spiro atoms. The minimum absolute atomic E-state index is 0.257. The smallest absolute Gasteiger partial charge is 0.169 e. The van der Waals surface area contributed by atoms with Crippen LogP contribution in [-0.2, 0) is 7.05 Å². The number of carbonyl (C=O) groups is 1. The van der Waals surface area contributed by atoms with Crippen molar-refractivity contribution in [1.29, 1.82) is 0 Å². The normalized spacial score (nSPS) is 9.56. The van der Waals surface area contributed by atoms with Crippen LogP contribution in [-0.4, -0.2) is 15.8 Å². The number of imidazole rings is 1. The SMILES string of the molecule is Cn1cnc(Cl)c1C=O. The summed E-state index contributed by atoms with van der Waals surface area (Å²) in [5.41, 5.74) is 0.414.